The molecule has 0 unspecified atom stereocenters. The van der Waals surface area contributed by atoms with Gasteiger partial charge in [-0.1, -0.05) is 48.5 Å². The number of nitrogens with one attached hydrogen (secondary N) is 1. The van der Waals surface area contributed by atoms with Gasteiger partial charge < -0.3 is 5.32 Å². The monoisotopic (exact) mass is 406 g/mol. The number of amides is 1. The molecular weight excluding hydrogens is 384 g/mol. The minimum absolute atomic E-state index is 0.139. The molecule has 1 amide bonds. The second-order valence-corrected chi connectivity index (χ2v) is 8.83. The van der Waals surface area contributed by atoms with Gasteiger partial charge in [0.15, 0.2) is 0 Å². The Morgan fingerprint density at radius 2 is 1.66 bits per heavy atom. The van der Waals surface area contributed by atoms with E-state index in [0.29, 0.717) is 23.4 Å². The second kappa shape index (κ2) is 7.37. The molecule has 3 aromatic rings. The third-order valence-corrected chi connectivity index (χ3v) is 7.15. The Balaban J connectivity index is 1.73. The summed E-state index contributed by atoms with van der Waals surface area (Å²) >= 11 is 0. The van der Waals surface area contributed by atoms with Gasteiger partial charge in [0, 0.05) is 23.2 Å². The van der Waals surface area contributed by atoms with Crippen LogP contribution in [-0.4, -0.2) is 20.9 Å². The predicted octanol–water partition coefficient (Wildman–Crippen LogP) is 4.37. The SMILES string of the molecule is CCN1c2ccc(C(=O)N[C@@H](C)c3ccccc3)cc2-c2ccccc2S1(=O)=O. The lowest BCUT2D eigenvalue weighted by molar-refractivity contribution is 0.0940. The summed E-state index contributed by atoms with van der Waals surface area (Å²) in [7, 11) is -3.60. The number of hydrogen-bond donors (Lipinski definition) is 1. The van der Waals surface area contributed by atoms with Crippen LogP contribution in [0.1, 0.15) is 35.8 Å². The van der Waals surface area contributed by atoms with Crippen molar-refractivity contribution in [2.75, 3.05) is 10.8 Å². The Bertz CT molecular complexity index is 1170. The Morgan fingerprint density at radius 3 is 2.38 bits per heavy atom. The fourth-order valence-corrected chi connectivity index (χ4v) is 5.42. The van der Waals surface area contributed by atoms with E-state index in [0.717, 1.165) is 11.1 Å². The smallest absolute Gasteiger partial charge is 0.264 e. The zero-order valence-corrected chi connectivity index (χ0v) is 17.1. The predicted molar refractivity (Wildman–Crippen MR) is 114 cm³/mol. The number of carbonyl (C=O) groups is 1. The van der Waals surface area contributed by atoms with Crippen molar-refractivity contribution in [3.05, 3.63) is 83.9 Å². The number of hydrogen-bond acceptors (Lipinski definition) is 3. The first kappa shape index (κ1) is 19.2. The highest BCUT2D eigenvalue weighted by molar-refractivity contribution is 7.93. The van der Waals surface area contributed by atoms with Gasteiger partial charge in [0.1, 0.15) is 0 Å². The molecule has 1 aliphatic rings. The van der Waals surface area contributed by atoms with Gasteiger partial charge in [0.25, 0.3) is 15.9 Å². The topological polar surface area (TPSA) is 66.5 Å². The Hall–Kier alpha value is -3.12. The van der Waals surface area contributed by atoms with Gasteiger partial charge in [-0.15, -0.1) is 0 Å². The van der Waals surface area contributed by atoms with Crippen molar-refractivity contribution in [2.24, 2.45) is 0 Å². The van der Waals surface area contributed by atoms with E-state index in [1.165, 1.54) is 4.31 Å². The van der Waals surface area contributed by atoms with Crippen molar-refractivity contribution in [3.8, 4) is 11.1 Å². The van der Waals surface area contributed by atoms with Crippen LogP contribution in [0.5, 0.6) is 0 Å². The number of fused-ring (bicyclic) bond motifs is 3. The molecule has 1 heterocycles. The minimum Gasteiger partial charge on any atom is -0.346 e. The summed E-state index contributed by atoms with van der Waals surface area (Å²) in [6.45, 7) is 4.06. The van der Waals surface area contributed by atoms with Gasteiger partial charge in [-0.05, 0) is 43.7 Å². The summed E-state index contributed by atoms with van der Waals surface area (Å²) in [4.78, 5) is 13.1. The van der Waals surface area contributed by atoms with Crippen molar-refractivity contribution in [1.82, 2.24) is 5.32 Å². The molecule has 4 rings (SSSR count). The van der Waals surface area contributed by atoms with Gasteiger partial charge in [-0.25, -0.2) is 8.42 Å². The Morgan fingerprint density at radius 1 is 0.966 bits per heavy atom. The molecule has 0 radical (unpaired) electrons. The van der Waals surface area contributed by atoms with E-state index in [2.05, 4.69) is 5.32 Å². The van der Waals surface area contributed by atoms with Crippen molar-refractivity contribution < 1.29 is 13.2 Å². The number of benzene rings is 3. The fraction of sp³-hybridized carbons (Fsp3) is 0.174. The standard InChI is InChI=1S/C23H22N2O3S/c1-3-25-21-14-13-18(23(26)24-16(2)17-9-5-4-6-10-17)15-20(21)19-11-7-8-12-22(19)29(25,27)28/h4-16H,3H2,1-2H3,(H,24,26)/t16-/m0/s1. The van der Waals surface area contributed by atoms with Crippen LogP contribution < -0.4 is 9.62 Å². The first-order chi connectivity index (χ1) is 13.9. The number of rotatable bonds is 4. The molecule has 5 nitrogen and oxygen atoms in total. The first-order valence-corrected chi connectivity index (χ1v) is 11.0. The van der Waals surface area contributed by atoms with Crippen LogP contribution in [0, 0.1) is 0 Å². The van der Waals surface area contributed by atoms with E-state index >= 15 is 0 Å². The van der Waals surface area contributed by atoms with E-state index in [-0.39, 0.29) is 16.8 Å². The van der Waals surface area contributed by atoms with Crippen LogP contribution in [0.3, 0.4) is 0 Å². The maximum Gasteiger partial charge on any atom is 0.264 e. The molecule has 0 spiro atoms. The first-order valence-electron chi connectivity index (χ1n) is 9.55. The maximum absolute atomic E-state index is 13.0. The normalized spacial score (nSPS) is 15.2. The van der Waals surface area contributed by atoms with E-state index in [9.17, 15) is 13.2 Å². The molecule has 1 aliphatic heterocycles. The molecule has 0 bridgehead atoms. The summed E-state index contributed by atoms with van der Waals surface area (Å²) in [5, 5.41) is 3.01. The quantitative estimate of drug-likeness (QED) is 0.699. The van der Waals surface area contributed by atoms with E-state index < -0.39 is 10.0 Å². The van der Waals surface area contributed by atoms with Crippen LogP contribution in [0.4, 0.5) is 5.69 Å². The number of carbonyl (C=O) groups excluding carboxylic acids is 1. The Kier molecular flexibility index (Phi) is 4.88. The lowest BCUT2D eigenvalue weighted by Crippen LogP contribution is -2.34. The van der Waals surface area contributed by atoms with Gasteiger partial charge in [0.05, 0.1) is 16.6 Å². The third-order valence-electron chi connectivity index (χ3n) is 5.21. The fourth-order valence-electron chi connectivity index (χ4n) is 3.72. The number of nitrogens with zero attached hydrogens (tertiary/aromatic N) is 1. The summed E-state index contributed by atoms with van der Waals surface area (Å²) in [6.07, 6.45) is 0. The molecule has 148 valence electrons. The van der Waals surface area contributed by atoms with Crippen molar-refractivity contribution in [3.63, 3.8) is 0 Å². The minimum atomic E-state index is -3.60. The van der Waals surface area contributed by atoms with Crippen LogP contribution in [0.25, 0.3) is 11.1 Å². The van der Waals surface area contributed by atoms with Gasteiger partial charge in [-0.3, -0.25) is 9.10 Å². The van der Waals surface area contributed by atoms with Gasteiger partial charge in [0.2, 0.25) is 0 Å². The highest BCUT2D eigenvalue weighted by Gasteiger charge is 2.34. The van der Waals surface area contributed by atoms with Crippen LogP contribution in [-0.2, 0) is 10.0 Å². The summed E-state index contributed by atoms with van der Waals surface area (Å²) < 4.78 is 27.3. The molecule has 0 saturated heterocycles. The van der Waals surface area contributed by atoms with Gasteiger partial charge >= 0.3 is 0 Å². The molecule has 1 atom stereocenters. The molecule has 1 N–H and O–H groups in total. The zero-order valence-electron chi connectivity index (χ0n) is 16.3. The molecule has 3 aromatic carbocycles. The zero-order chi connectivity index (χ0) is 20.6. The molecule has 0 fully saturated rings. The van der Waals surface area contributed by atoms with E-state index in [4.69, 9.17) is 0 Å². The number of anilines is 1. The average molecular weight is 407 g/mol. The van der Waals surface area contributed by atoms with E-state index in [1.807, 2.05) is 43.3 Å². The Labute approximate surface area is 171 Å². The molecule has 0 aromatic heterocycles. The van der Waals surface area contributed by atoms with Gasteiger partial charge in [-0.2, -0.15) is 0 Å². The summed E-state index contributed by atoms with van der Waals surface area (Å²) in [5.74, 6) is -0.196. The molecular formula is C23H22N2O3S. The highest BCUT2D eigenvalue weighted by Crippen LogP contribution is 2.43. The lowest BCUT2D eigenvalue weighted by atomic mass is 9.99. The third kappa shape index (κ3) is 3.29. The number of sulfonamides is 1. The van der Waals surface area contributed by atoms with Crippen LogP contribution in [0.2, 0.25) is 0 Å². The maximum atomic E-state index is 13.0. The lowest BCUT2D eigenvalue weighted by Gasteiger charge is -2.31. The summed E-state index contributed by atoms with van der Waals surface area (Å²) in [6, 6.07) is 21.7. The van der Waals surface area contributed by atoms with Crippen molar-refractivity contribution in [1.29, 1.82) is 0 Å². The van der Waals surface area contributed by atoms with Crippen molar-refractivity contribution in [2.45, 2.75) is 24.8 Å². The van der Waals surface area contributed by atoms with Crippen LogP contribution >= 0.6 is 0 Å². The molecule has 29 heavy (non-hydrogen) atoms. The van der Waals surface area contributed by atoms with Crippen LogP contribution in [0.15, 0.2) is 77.7 Å². The second-order valence-electron chi connectivity index (χ2n) is 7.00. The van der Waals surface area contributed by atoms with Crippen molar-refractivity contribution >= 4 is 21.6 Å². The highest BCUT2D eigenvalue weighted by atomic mass is 32.2. The summed E-state index contributed by atoms with van der Waals surface area (Å²) in [5.41, 5.74) is 3.48. The largest absolute Gasteiger partial charge is 0.346 e. The van der Waals surface area contributed by atoms with E-state index in [1.54, 1.807) is 43.3 Å². The average Bonchev–Trinajstić information content (AvgIpc) is 2.74. The molecule has 0 aliphatic carbocycles. The molecule has 0 saturated carbocycles. The molecule has 6 heteroatoms.